The van der Waals surface area contributed by atoms with Crippen molar-refractivity contribution in [1.82, 2.24) is 9.80 Å². The highest BCUT2D eigenvalue weighted by Gasteiger charge is 2.27. The molecule has 3 rings (SSSR count). The number of hydrogen-bond donors (Lipinski definition) is 1. The summed E-state index contributed by atoms with van der Waals surface area (Å²) in [6.45, 7) is 7.40. The number of rotatable bonds is 2. The predicted molar refractivity (Wildman–Crippen MR) is 110 cm³/mol. The molecule has 1 heterocycles. The van der Waals surface area contributed by atoms with Crippen LogP contribution in [-0.2, 0) is 4.74 Å². The minimum absolute atomic E-state index is 0.160. The molecular weight excluding hydrogens is 354 g/mol. The van der Waals surface area contributed by atoms with Gasteiger partial charge in [0.1, 0.15) is 5.60 Å². The Morgan fingerprint density at radius 2 is 1.43 bits per heavy atom. The summed E-state index contributed by atoms with van der Waals surface area (Å²) in [5, 5.41) is 3.01. The van der Waals surface area contributed by atoms with Crippen molar-refractivity contribution < 1.29 is 14.3 Å². The summed E-state index contributed by atoms with van der Waals surface area (Å²) in [7, 11) is 0. The van der Waals surface area contributed by atoms with Crippen molar-refractivity contribution in [1.29, 1.82) is 0 Å². The zero-order chi connectivity index (χ0) is 20.1. The number of nitrogens with one attached hydrogen (secondary N) is 1. The van der Waals surface area contributed by atoms with Gasteiger partial charge < -0.3 is 19.9 Å². The fourth-order valence-electron chi connectivity index (χ4n) is 3.07. The van der Waals surface area contributed by atoms with Gasteiger partial charge in [-0.25, -0.2) is 9.59 Å². The lowest BCUT2D eigenvalue weighted by atomic mass is 10.0. The van der Waals surface area contributed by atoms with Gasteiger partial charge in [0.05, 0.1) is 5.69 Å². The van der Waals surface area contributed by atoms with Gasteiger partial charge in [-0.15, -0.1) is 0 Å². The molecule has 1 fully saturated rings. The summed E-state index contributed by atoms with van der Waals surface area (Å²) in [6, 6.07) is 17.5. The van der Waals surface area contributed by atoms with Crippen LogP contribution in [0.5, 0.6) is 0 Å². The van der Waals surface area contributed by atoms with Gasteiger partial charge in [-0.2, -0.15) is 0 Å². The lowest BCUT2D eigenvalue weighted by Gasteiger charge is -2.35. The molecule has 0 unspecified atom stereocenters. The molecule has 2 aromatic rings. The van der Waals surface area contributed by atoms with Gasteiger partial charge in [0, 0.05) is 31.7 Å². The first-order chi connectivity index (χ1) is 13.3. The Kier molecular flexibility index (Phi) is 5.87. The Morgan fingerprint density at radius 1 is 0.857 bits per heavy atom. The number of carbonyl (C=O) groups excluding carboxylic acids is 2. The van der Waals surface area contributed by atoms with Crippen molar-refractivity contribution in [2.75, 3.05) is 31.5 Å². The highest BCUT2D eigenvalue weighted by Crippen LogP contribution is 2.27. The maximum absolute atomic E-state index is 12.7. The van der Waals surface area contributed by atoms with E-state index in [1.807, 2.05) is 75.4 Å². The number of anilines is 1. The molecule has 28 heavy (non-hydrogen) atoms. The van der Waals surface area contributed by atoms with E-state index in [2.05, 4.69) is 5.32 Å². The summed E-state index contributed by atoms with van der Waals surface area (Å²) >= 11 is 0. The Hall–Kier alpha value is -3.02. The van der Waals surface area contributed by atoms with E-state index in [1.54, 1.807) is 9.80 Å². The molecule has 0 bridgehead atoms. The Morgan fingerprint density at radius 3 is 2.07 bits per heavy atom. The number of urea groups is 1. The molecule has 0 spiro atoms. The first kappa shape index (κ1) is 19.7. The largest absolute Gasteiger partial charge is 0.444 e. The van der Waals surface area contributed by atoms with Crippen LogP contribution in [0.1, 0.15) is 20.8 Å². The first-order valence-electron chi connectivity index (χ1n) is 9.52. The number of piperazine rings is 1. The van der Waals surface area contributed by atoms with E-state index in [0.717, 1.165) is 16.8 Å². The molecule has 2 aromatic carbocycles. The number of carbonyl (C=O) groups is 2. The lowest BCUT2D eigenvalue weighted by Crippen LogP contribution is -2.52. The van der Waals surface area contributed by atoms with Gasteiger partial charge in [-0.3, -0.25) is 0 Å². The molecule has 148 valence electrons. The van der Waals surface area contributed by atoms with Crippen LogP contribution in [0.2, 0.25) is 0 Å². The molecular formula is C22H27N3O3. The van der Waals surface area contributed by atoms with Gasteiger partial charge in [-0.05, 0) is 32.4 Å². The summed E-state index contributed by atoms with van der Waals surface area (Å²) < 4.78 is 5.40. The molecule has 0 aromatic heterocycles. The van der Waals surface area contributed by atoms with Crippen LogP contribution < -0.4 is 5.32 Å². The van der Waals surface area contributed by atoms with E-state index in [1.165, 1.54) is 0 Å². The molecule has 0 atom stereocenters. The highest BCUT2D eigenvalue weighted by molar-refractivity contribution is 5.94. The average molecular weight is 381 g/mol. The number of ether oxygens (including phenoxy) is 1. The molecule has 1 N–H and O–H groups in total. The minimum atomic E-state index is -0.521. The van der Waals surface area contributed by atoms with Gasteiger partial charge in [0.2, 0.25) is 0 Å². The smallest absolute Gasteiger partial charge is 0.410 e. The highest BCUT2D eigenvalue weighted by atomic mass is 16.6. The second-order valence-corrected chi connectivity index (χ2v) is 7.80. The molecule has 1 saturated heterocycles. The summed E-state index contributed by atoms with van der Waals surface area (Å²) in [4.78, 5) is 28.3. The van der Waals surface area contributed by atoms with Crippen molar-refractivity contribution in [3.8, 4) is 11.1 Å². The molecule has 1 aliphatic rings. The van der Waals surface area contributed by atoms with Crippen molar-refractivity contribution in [3.63, 3.8) is 0 Å². The van der Waals surface area contributed by atoms with Gasteiger partial charge in [0.15, 0.2) is 0 Å². The quantitative estimate of drug-likeness (QED) is 0.837. The van der Waals surface area contributed by atoms with Crippen LogP contribution in [-0.4, -0.2) is 53.7 Å². The zero-order valence-electron chi connectivity index (χ0n) is 16.6. The fraction of sp³-hybridized carbons (Fsp3) is 0.364. The molecule has 0 saturated carbocycles. The molecule has 6 heteroatoms. The Bertz CT molecular complexity index is 822. The fourth-order valence-corrected chi connectivity index (χ4v) is 3.07. The third kappa shape index (κ3) is 5.03. The van der Waals surface area contributed by atoms with E-state index in [4.69, 9.17) is 4.74 Å². The molecule has 3 amide bonds. The van der Waals surface area contributed by atoms with Crippen LogP contribution in [0.25, 0.3) is 11.1 Å². The normalized spacial score (nSPS) is 14.5. The third-order valence-corrected chi connectivity index (χ3v) is 4.47. The van der Waals surface area contributed by atoms with Crippen molar-refractivity contribution >= 4 is 17.8 Å². The minimum Gasteiger partial charge on any atom is -0.444 e. The van der Waals surface area contributed by atoms with Gasteiger partial charge >= 0.3 is 12.1 Å². The number of benzene rings is 2. The van der Waals surface area contributed by atoms with E-state index in [0.29, 0.717) is 26.2 Å². The predicted octanol–water partition coefficient (Wildman–Crippen LogP) is 4.44. The summed E-state index contributed by atoms with van der Waals surface area (Å²) in [6.07, 6.45) is -0.331. The van der Waals surface area contributed by atoms with E-state index in [9.17, 15) is 9.59 Å². The topological polar surface area (TPSA) is 61.9 Å². The second kappa shape index (κ2) is 8.33. The molecule has 0 aliphatic carbocycles. The lowest BCUT2D eigenvalue weighted by molar-refractivity contribution is 0.0174. The molecule has 0 radical (unpaired) electrons. The maximum Gasteiger partial charge on any atom is 0.410 e. The van der Waals surface area contributed by atoms with E-state index < -0.39 is 5.60 Å². The molecule has 6 nitrogen and oxygen atoms in total. The van der Waals surface area contributed by atoms with Crippen molar-refractivity contribution in [2.45, 2.75) is 26.4 Å². The summed E-state index contributed by atoms with van der Waals surface area (Å²) in [5.41, 5.74) is 2.28. The Balaban J connectivity index is 1.61. The van der Waals surface area contributed by atoms with Crippen LogP contribution in [0.15, 0.2) is 54.6 Å². The van der Waals surface area contributed by atoms with Crippen LogP contribution in [0.4, 0.5) is 15.3 Å². The number of para-hydroxylation sites is 1. The van der Waals surface area contributed by atoms with Gasteiger partial charge in [0.25, 0.3) is 0 Å². The van der Waals surface area contributed by atoms with Gasteiger partial charge in [-0.1, -0.05) is 48.5 Å². The Labute approximate surface area is 166 Å². The number of nitrogens with zero attached hydrogens (tertiary/aromatic N) is 2. The SMILES string of the molecule is CC(C)(C)OC(=O)N1CCN(C(=O)Nc2ccccc2-c2ccccc2)CC1. The third-order valence-electron chi connectivity index (χ3n) is 4.47. The van der Waals surface area contributed by atoms with Crippen LogP contribution in [0, 0.1) is 0 Å². The number of hydrogen-bond acceptors (Lipinski definition) is 3. The monoisotopic (exact) mass is 381 g/mol. The van der Waals surface area contributed by atoms with E-state index in [-0.39, 0.29) is 12.1 Å². The standard InChI is InChI=1S/C22H27N3O3/c1-22(2,3)28-21(27)25-15-13-24(14-16-25)20(26)23-19-12-8-7-11-18(19)17-9-5-4-6-10-17/h4-12H,13-16H2,1-3H3,(H,23,26). The van der Waals surface area contributed by atoms with E-state index >= 15 is 0 Å². The zero-order valence-corrected chi connectivity index (χ0v) is 16.6. The first-order valence-corrected chi connectivity index (χ1v) is 9.52. The summed E-state index contributed by atoms with van der Waals surface area (Å²) in [5.74, 6) is 0. The second-order valence-electron chi connectivity index (χ2n) is 7.80. The molecule has 1 aliphatic heterocycles. The van der Waals surface area contributed by atoms with Crippen LogP contribution >= 0.6 is 0 Å². The number of amides is 3. The van der Waals surface area contributed by atoms with Crippen molar-refractivity contribution in [3.05, 3.63) is 54.6 Å². The maximum atomic E-state index is 12.7. The van der Waals surface area contributed by atoms with Crippen LogP contribution in [0.3, 0.4) is 0 Å². The average Bonchev–Trinajstić information content (AvgIpc) is 2.68. The van der Waals surface area contributed by atoms with Crippen molar-refractivity contribution in [2.24, 2.45) is 0 Å².